The van der Waals surface area contributed by atoms with Gasteiger partial charge in [0.15, 0.2) is 0 Å². The highest BCUT2D eigenvalue weighted by Gasteiger charge is 1.99. The van der Waals surface area contributed by atoms with Gasteiger partial charge in [0.2, 0.25) is 6.04 Å². The lowest BCUT2D eigenvalue weighted by atomic mass is 10.4. The van der Waals surface area contributed by atoms with Crippen LogP contribution in [0.15, 0.2) is 0 Å². The summed E-state index contributed by atoms with van der Waals surface area (Å²) >= 11 is 0. The normalized spacial score (nSPS) is 8.45. The van der Waals surface area contributed by atoms with Crippen LogP contribution in [0.4, 0.5) is 0 Å². The van der Waals surface area contributed by atoms with Crippen molar-refractivity contribution in [3.05, 3.63) is 10.1 Å². The lowest BCUT2D eigenvalue weighted by Crippen LogP contribution is -2.08. The van der Waals surface area contributed by atoms with Crippen molar-refractivity contribution in [2.45, 2.75) is 40.2 Å². The molecule has 0 aromatic rings. The van der Waals surface area contributed by atoms with Crippen LogP contribution in [0, 0.1) is 10.1 Å². The van der Waals surface area contributed by atoms with Crippen LogP contribution in [0.1, 0.15) is 34.1 Å². The standard InChI is InChI=1S/C4H8O.C3H7NO2/c1-3-4(2)5;1-3(2)4(5)6/h3H2,1-2H3;3H,1-2H3. The zero-order valence-electron chi connectivity index (χ0n) is 7.46. The number of rotatable bonds is 2. The fraction of sp³-hybridized carbons (Fsp3) is 0.857. The first-order valence-corrected chi connectivity index (χ1v) is 3.54. The third kappa shape index (κ3) is 17.6. The van der Waals surface area contributed by atoms with Crippen molar-refractivity contribution in [1.29, 1.82) is 0 Å². The minimum atomic E-state index is -0.426. The number of carbonyl (C=O) groups is 1. The molecule has 4 nitrogen and oxygen atoms in total. The smallest absolute Gasteiger partial charge is 0.207 e. The average molecular weight is 161 g/mol. The van der Waals surface area contributed by atoms with Crippen LogP contribution in [0.3, 0.4) is 0 Å². The Morgan fingerprint density at radius 2 is 1.73 bits per heavy atom. The van der Waals surface area contributed by atoms with E-state index in [4.69, 9.17) is 0 Å². The first kappa shape index (κ1) is 12.7. The van der Waals surface area contributed by atoms with Crippen molar-refractivity contribution in [3.63, 3.8) is 0 Å². The first-order chi connectivity index (χ1) is 4.91. The summed E-state index contributed by atoms with van der Waals surface area (Å²) in [4.78, 5) is 19.0. The van der Waals surface area contributed by atoms with E-state index in [2.05, 4.69) is 0 Å². The Bertz CT molecular complexity index is 132. The number of hydrogen-bond donors (Lipinski definition) is 0. The number of nitrogens with zero attached hydrogens (tertiary/aromatic N) is 1. The molecular formula is C7H15NO3. The number of ketones is 1. The molecule has 0 amide bonds. The minimum Gasteiger partial charge on any atom is -0.300 e. The summed E-state index contributed by atoms with van der Waals surface area (Å²) in [5.41, 5.74) is 0. The third-order valence-corrected chi connectivity index (χ3v) is 0.920. The van der Waals surface area contributed by atoms with Crippen molar-refractivity contribution in [2.24, 2.45) is 0 Å². The van der Waals surface area contributed by atoms with Gasteiger partial charge in [0.05, 0.1) is 0 Å². The number of carbonyl (C=O) groups excluding carboxylic acids is 1. The van der Waals surface area contributed by atoms with Gasteiger partial charge >= 0.3 is 0 Å². The molecule has 0 bridgehead atoms. The predicted molar refractivity (Wildman–Crippen MR) is 43.1 cm³/mol. The van der Waals surface area contributed by atoms with Crippen LogP contribution in [-0.2, 0) is 4.79 Å². The quantitative estimate of drug-likeness (QED) is 0.457. The van der Waals surface area contributed by atoms with E-state index in [1.807, 2.05) is 6.92 Å². The van der Waals surface area contributed by atoms with Gasteiger partial charge in [0.1, 0.15) is 5.78 Å². The molecule has 0 aliphatic heterocycles. The predicted octanol–water partition coefficient (Wildman–Crippen LogP) is 1.66. The summed E-state index contributed by atoms with van der Waals surface area (Å²) in [5, 5.41) is 9.50. The van der Waals surface area contributed by atoms with Gasteiger partial charge in [-0.2, -0.15) is 0 Å². The summed E-state index contributed by atoms with van der Waals surface area (Å²) in [6.07, 6.45) is 0.667. The highest BCUT2D eigenvalue weighted by molar-refractivity contribution is 5.74. The van der Waals surface area contributed by atoms with Gasteiger partial charge in [-0.05, 0) is 6.92 Å². The van der Waals surface area contributed by atoms with Crippen LogP contribution >= 0.6 is 0 Å². The van der Waals surface area contributed by atoms with Crippen molar-refractivity contribution < 1.29 is 9.72 Å². The van der Waals surface area contributed by atoms with Crippen LogP contribution in [0.2, 0.25) is 0 Å². The molecule has 0 aromatic heterocycles. The average Bonchev–Trinajstić information content (AvgIpc) is 1.89. The SMILES string of the molecule is CC(C)[N+](=O)[O-].CCC(C)=O. The molecule has 0 fully saturated rings. The van der Waals surface area contributed by atoms with Crippen LogP contribution in [0.5, 0.6) is 0 Å². The Hall–Kier alpha value is -0.930. The fourth-order valence-electron chi connectivity index (χ4n) is 0. The van der Waals surface area contributed by atoms with E-state index in [9.17, 15) is 14.9 Å². The molecule has 11 heavy (non-hydrogen) atoms. The van der Waals surface area contributed by atoms with E-state index in [1.165, 1.54) is 0 Å². The Kier molecular flexibility index (Phi) is 8.30. The highest BCUT2D eigenvalue weighted by atomic mass is 16.6. The van der Waals surface area contributed by atoms with Crippen LogP contribution in [-0.4, -0.2) is 16.7 Å². The molecule has 66 valence electrons. The molecule has 0 atom stereocenters. The summed E-state index contributed by atoms with van der Waals surface area (Å²) < 4.78 is 0. The highest BCUT2D eigenvalue weighted by Crippen LogP contribution is 1.79. The van der Waals surface area contributed by atoms with E-state index < -0.39 is 6.04 Å². The van der Waals surface area contributed by atoms with Gasteiger partial charge < -0.3 is 4.79 Å². The van der Waals surface area contributed by atoms with E-state index in [1.54, 1.807) is 20.8 Å². The van der Waals surface area contributed by atoms with Crippen LogP contribution < -0.4 is 0 Å². The molecule has 0 heterocycles. The zero-order valence-corrected chi connectivity index (χ0v) is 7.46. The molecule has 4 heteroatoms. The molecular weight excluding hydrogens is 146 g/mol. The van der Waals surface area contributed by atoms with Crippen molar-refractivity contribution in [3.8, 4) is 0 Å². The minimum absolute atomic E-state index is 0.255. The third-order valence-electron chi connectivity index (χ3n) is 0.920. The van der Waals surface area contributed by atoms with E-state index in [0.29, 0.717) is 6.42 Å². The molecule has 0 aliphatic rings. The lowest BCUT2D eigenvalue weighted by molar-refractivity contribution is -0.513. The van der Waals surface area contributed by atoms with Gasteiger partial charge in [-0.15, -0.1) is 0 Å². The molecule has 0 N–H and O–H groups in total. The monoisotopic (exact) mass is 161 g/mol. The molecule has 0 aromatic carbocycles. The van der Waals surface area contributed by atoms with Crippen molar-refractivity contribution in [1.82, 2.24) is 0 Å². The molecule has 0 saturated carbocycles. The maximum absolute atomic E-state index is 9.81. The molecule has 0 saturated heterocycles. The van der Waals surface area contributed by atoms with Gasteiger partial charge in [-0.25, -0.2) is 0 Å². The second-order valence-electron chi connectivity index (χ2n) is 2.43. The van der Waals surface area contributed by atoms with E-state index >= 15 is 0 Å². The Balaban J connectivity index is 0. The zero-order chi connectivity index (χ0) is 9.44. The van der Waals surface area contributed by atoms with E-state index in [-0.39, 0.29) is 10.7 Å². The first-order valence-electron chi connectivity index (χ1n) is 3.54. The number of nitro groups is 1. The second-order valence-corrected chi connectivity index (χ2v) is 2.43. The summed E-state index contributed by atoms with van der Waals surface area (Å²) in [6, 6.07) is -0.426. The molecule has 0 aliphatic carbocycles. The van der Waals surface area contributed by atoms with Crippen molar-refractivity contribution in [2.75, 3.05) is 0 Å². The van der Waals surface area contributed by atoms with Crippen LogP contribution in [0.25, 0.3) is 0 Å². The maximum Gasteiger partial charge on any atom is 0.207 e. The molecule has 0 spiro atoms. The number of hydrogen-bond acceptors (Lipinski definition) is 3. The van der Waals surface area contributed by atoms with Crippen molar-refractivity contribution >= 4 is 5.78 Å². The second kappa shape index (κ2) is 7.18. The Morgan fingerprint density at radius 3 is 1.73 bits per heavy atom. The summed E-state index contributed by atoms with van der Waals surface area (Å²) in [5.74, 6) is 0.255. The Morgan fingerprint density at radius 1 is 1.55 bits per heavy atom. The van der Waals surface area contributed by atoms with E-state index in [0.717, 1.165) is 0 Å². The van der Waals surface area contributed by atoms with Gasteiger partial charge in [0.25, 0.3) is 0 Å². The fourth-order valence-corrected chi connectivity index (χ4v) is 0. The van der Waals surface area contributed by atoms with Gasteiger partial charge in [-0.1, -0.05) is 6.92 Å². The molecule has 0 rings (SSSR count). The lowest BCUT2D eigenvalue weighted by Gasteiger charge is -1.88. The van der Waals surface area contributed by atoms with Gasteiger partial charge in [0, 0.05) is 25.2 Å². The largest absolute Gasteiger partial charge is 0.300 e. The molecule has 0 unspecified atom stereocenters. The summed E-state index contributed by atoms with van der Waals surface area (Å²) in [7, 11) is 0. The molecule has 0 radical (unpaired) electrons. The van der Waals surface area contributed by atoms with Gasteiger partial charge in [-0.3, -0.25) is 10.1 Å². The maximum atomic E-state index is 9.81. The Labute approximate surface area is 66.7 Å². The number of Topliss-reactive ketones (excluding diaryl/α,β-unsaturated/α-hetero) is 1. The summed E-state index contributed by atoms with van der Waals surface area (Å²) in [6.45, 7) is 6.52. The topological polar surface area (TPSA) is 60.2 Å².